The molecule has 1 saturated carbocycles. The van der Waals surface area contributed by atoms with Gasteiger partial charge in [0.05, 0.1) is 18.5 Å². The summed E-state index contributed by atoms with van der Waals surface area (Å²) in [5.74, 6) is -0.380. The lowest BCUT2D eigenvalue weighted by Crippen LogP contribution is -2.25. The number of nitrogens with one attached hydrogen (secondary N) is 1. The summed E-state index contributed by atoms with van der Waals surface area (Å²) in [6.07, 6.45) is 3.47. The quantitative estimate of drug-likeness (QED) is 0.815. The molecule has 7 heteroatoms. The van der Waals surface area contributed by atoms with Crippen LogP contribution in [-0.4, -0.2) is 34.3 Å². The van der Waals surface area contributed by atoms with Gasteiger partial charge in [0, 0.05) is 11.6 Å². The van der Waals surface area contributed by atoms with Gasteiger partial charge < -0.3 is 15.8 Å². The van der Waals surface area contributed by atoms with Crippen LogP contribution in [0.1, 0.15) is 40.5 Å². The Morgan fingerprint density at radius 1 is 1.35 bits per heavy atom. The van der Waals surface area contributed by atoms with Gasteiger partial charge in [-0.1, -0.05) is 0 Å². The van der Waals surface area contributed by atoms with Crippen LogP contribution in [0.3, 0.4) is 0 Å². The van der Waals surface area contributed by atoms with Crippen molar-refractivity contribution in [1.82, 2.24) is 15.1 Å². The zero-order valence-corrected chi connectivity index (χ0v) is 12.8. The monoisotopic (exact) mass is 314 g/mol. The van der Waals surface area contributed by atoms with Crippen LogP contribution < -0.4 is 11.1 Å². The number of nitrogens with two attached hydrogens (primary N) is 1. The molecule has 0 aliphatic heterocycles. The van der Waals surface area contributed by atoms with Crippen molar-refractivity contribution in [2.24, 2.45) is 0 Å². The van der Waals surface area contributed by atoms with Crippen molar-refractivity contribution in [3.63, 3.8) is 0 Å². The highest BCUT2D eigenvalue weighted by atomic mass is 16.5. The van der Waals surface area contributed by atoms with Crippen molar-refractivity contribution in [1.29, 1.82) is 0 Å². The van der Waals surface area contributed by atoms with Gasteiger partial charge in [0.2, 0.25) is 0 Å². The molecule has 1 fully saturated rings. The standard InChI is InChI=1S/C16H18N4O3/c1-2-23-16(22)13-9-18-20(14(13)17)12-7-3-10(4-8-12)15(21)19-11-5-6-11/h3-4,7-9,11H,2,5-6,17H2,1H3,(H,19,21). The minimum absolute atomic E-state index is 0.0836. The Labute approximate surface area is 133 Å². The van der Waals surface area contributed by atoms with Gasteiger partial charge in [-0.25, -0.2) is 9.48 Å². The summed E-state index contributed by atoms with van der Waals surface area (Å²) in [7, 11) is 0. The van der Waals surface area contributed by atoms with E-state index in [1.165, 1.54) is 10.9 Å². The number of hydrogen-bond donors (Lipinski definition) is 2. The fraction of sp³-hybridized carbons (Fsp3) is 0.312. The number of hydrogen-bond acceptors (Lipinski definition) is 5. The third-order valence-electron chi connectivity index (χ3n) is 3.59. The number of nitrogens with zero attached hydrogens (tertiary/aromatic N) is 2. The SMILES string of the molecule is CCOC(=O)c1cnn(-c2ccc(C(=O)NC3CC3)cc2)c1N. The summed E-state index contributed by atoms with van der Waals surface area (Å²) in [5.41, 5.74) is 7.43. The Morgan fingerprint density at radius 2 is 2.04 bits per heavy atom. The van der Waals surface area contributed by atoms with E-state index in [2.05, 4.69) is 10.4 Å². The van der Waals surface area contributed by atoms with Crippen molar-refractivity contribution in [2.75, 3.05) is 12.3 Å². The second-order valence-electron chi connectivity index (χ2n) is 5.37. The molecule has 0 radical (unpaired) electrons. The molecule has 0 unspecified atom stereocenters. The zero-order chi connectivity index (χ0) is 16.4. The number of carbonyl (C=O) groups excluding carboxylic acids is 2. The average molecular weight is 314 g/mol. The predicted octanol–water partition coefficient (Wildman–Crippen LogP) is 1.52. The van der Waals surface area contributed by atoms with Crippen molar-refractivity contribution >= 4 is 17.7 Å². The highest BCUT2D eigenvalue weighted by molar-refractivity contribution is 5.95. The van der Waals surface area contributed by atoms with E-state index in [-0.39, 0.29) is 23.9 Å². The first-order valence-corrected chi connectivity index (χ1v) is 7.52. The molecule has 1 aromatic heterocycles. The molecule has 23 heavy (non-hydrogen) atoms. The molecule has 1 amide bonds. The molecular weight excluding hydrogens is 296 g/mol. The Balaban J connectivity index is 1.79. The van der Waals surface area contributed by atoms with E-state index < -0.39 is 5.97 Å². The predicted molar refractivity (Wildman–Crippen MR) is 84.4 cm³/mol. The molecule has 1 heterocycles. The van der Waals surface area contributed by atoms with E-state index in [9.17, 15) is 9.59 Å². The van der Waals surface area contributed by atoms with Crippen LogP contribution in [-0.2, 0) is 4.74 Å². The van der Waals surface area contributed by atoms with E-state index in [0.29, 0.717) is 17.3 Å². The van der Waals surface area contributed by atoms with Crippen LogP contribution >= 0.6 is 0 Å². The minimum Gasteiger partial charge on any atom is -0.462 e. The molecule has 7 nitrogen and oxygen atoms in total. The van der Waals surface area contributed by atoms with E-state index in [4.69, 9.17) is 10.5 Å². The van der Waals surface area contributed by atoms with Gasteiger partial charge in [0.1, 0.15) is 11.4 Å². The molecule has 120 valence electrons. The Kier molecular flexibility index (Phi) is 4.01. The zero-order valence-electron chi connectivity index (χ0n) is 12.8. The molecule has 1 aromatic carbocycles. The van der Waals surface area contributed by atoms with Crippen LogP contribution in [0.5, 0.6) is 0 Å². The molecule has 1 aliphatic carbocycles. The summed E-state index contributed by atoms with van der Waals surface area (Å²) in [4.78, 5) is 23.7. The summed E-state index contributed by atoms with van der Waals surface area (Å²) in [6.45, 7) is 2.00. The second kappa shape index (κ2) is 6.12. The normalized spacial score (nSPS) is 13.6. The van der Waals surface area contributed by atoms with Crippen LogP contribution in [0.25, 0.3) is 5.69 Å². The van der Waals surface area contributed by atoms with E-state index in [1.54, 1.807) is 31.2 Å². The van der Waals surface area contributed by atoms with Gasteiger partial charge in [0.15, 0.2) is 0 Å². The number of nitrogen functional groups attached to an aromatic ring is 1. The number of amides is 1. The summed E-state index contributed by atoms with van der Waals surface area (Å²) in [6, 6.07) is 7.20. The third-order valence-corrected chi connectivity index (χ3v) is 3.59. The van der Waals surface area contributed by atoms with Crippen molar-refractivity contribution in [3.05, 3.63) is 41.6 Å². The lowest BCUT2D eigenvalue weighted by Gasteiger charge is -2.07. The number of rotatable bonds is 5. The molecule has 3 rings (SSSR count). The highest BCUT2D eigenvalue weighted by Gasteiger charge is 2.23. The number of aromatic nitrogens is 2. The minimum atomic E-state index is -0.503. The first-order chi connectivity index (χ1) is 11.1. The molecular formula is C16H18N4O3. The molecule has 1 aliphatic rings. The fourth-order valence-corrected chi connectivity index (χ4v) is 2.18. The van der Waals surface area contributed by atoms with Crippen molar-refractivity contribution in [2.45, 2.75) is 25.8 Å². The number of anilines is 1. The van der Waals surface area contributed by atoms with E-state index >= 15 is 0 Å². The van der Waals surface area contributed by atoms with Crippen LogP contribution in [0, 0.1) is 0 Å². The van der Waals surface area contributed by atoms with Gasteiger partial charge >= 0.3 is 5.97 Å². The smallest absolute Gasteiger partial charge is 0.343 e. The average Bonchev–Trinajstić information content (AvgIpc) is 3.27. The first-order valence-electron chi connectivity index (χ1n) is 7.52. The van der Waals surface area contributed by atoms with E-state index in [0.717, 1.165) is 12.8 Å². The maximum atomic E-state index is 12.0. The number of esters is 1. The third kappa shape index (κ3) is 3.18. The molecule has 2 aromatic rings. The summed E-state index contributed by atoms with van der Waals surface area (Å²) >= 11 is 0. The summed E-state index contributed by atoms with van der Waals surface area (Å²) < 4.78 is 6.37. The summed E-state index contributed by atoms with van der Waals surface area (Å²) in [5, 5.41) is 7.04. The Bertz CT molecular complexity index is 732. The lowest BCUT2D eigenvalue weighted by molar-refractivity contribution is 0.0527. The Hall–Kier alpha value is -2.83. The highest BCUT2D eigenvalue weighted by Crippen LogP contribution is 2.21. The topological polar surface area (TPSA) is 99.2 Å². The Morgan fingerprint density at radius 3 is 2.65 bits per heavy atom. The molecule has 3 N–H and O–H groups in total. The fourth-order valence-electron chi connectivity index (χ4n) is 2.18. The second-order valence-corrected chi connectivity index (χ2v) is 5.37. The van der Waals surface area contributed by atoms with Gasteiger partial charge in [-0.15, -0.1) is 0 Å². The van der Waals surface area contributed by atoms with Crippen LogP contribution in [0.4, 0.5) is 5.82 Å². The largest absolute Gasteiger partial charge is 0.462 e. The van der Waals surface area contributed by atoms with Gasteiger partial charge in [0.25, 0.3) is 5.91 Å². The van der Waals surface area contributed by atoms with Gasteiger partial charge in [-0.3, -0.25) is 4.79 Å². The van der Waals surface area contributed by atoms with Gasteiger partial charge in [-0.2, -0.15) is 5.10 Å². The van der Waals surface area contributed by atoms with Gasteiger partial charge in [-0.05, 0) is 44.0 Å². The molecule has 0 saturated heterocycles. The maximum absolute atomic E-state index is 12.0. The first kappa shape index (κ1) is 15.1. The number of benzene rings is 1. The molecule has 0 spiro atoms. The van der Waals surface area contributed by atoms with Crippen molar-refractivity contribution in [3.8, 4) is 5.69 Å². The number of carbonyl (C=O) groups is 2. The van der Waals surface area contributed by atoms with Crippen LogP contribution in [0.15, 0.2) is 30.5 Å². The molecule has 0 bridgehead atoms. The maximum Gasteiger partial charge on any atom is 0.343 e. The van der Waals surface area contributed by atoms with E-state index in [1.807, 2.05) is 0 Å². The molecule has 0 atom stereocenters. The lowest BCUT2D eigenvalue weighted by atomic mass is 10.2. The number of ether oxygens (including phenoxy) is 1. The van der Waals surface area contributed by atoms with Crippen LogP contribution in [0.2, 0.25) is 0 Å². The van der Waals surface area contributed by atoms with Crippen molar-refractivity contribution < 1.29 is 14.3 Å².